The largest absolute Gasteiger partial charge is 0.490 e. The van der Waals surface area contributed by atoms with Crippen LogP contribution >= 0.6 is 0 Å². The van der Waals surface area contributed by atoms with E-state index >= 15 is 0 Å². The van der Waals surface area contributed by atoms with Gasteiger partial charge in [0.25, 0.3) is 0 Å². The average molecular weight is 178 g/mol. The van der Waals surface area contributed by atoms with Crippen molar-refractivity contribution in [1.82, 2.24) is 0 Å². The smallest absolute Gasteiger partial charge is 0.168 e. The third kappa shape index (κ3) is 2.82. The second kappa shape index (κ2) is 5.25. The number of rotatable bonds is 4. The number of hydrogen-bond donors (Lipinski definition) is 0. The molecule has 0 saturated carbocycles. The molecule has 2 heteroatoms. The zero-order chi connectivity index (χ0) is 9.52. The van der Waals surface area contributed by atoms with Gasteiger partial charge < -0.3 is 9.47 Å². The molecule has 1 rings (SSSR count). The first-order valence-corrected chi connectivity index (χ1v) is 4.38. The molecule has 0 N–H and O–H groups in total. The molecule has 70 valence electrons. The first-order chi connectivity index (χ1) is 6.38. The average Bonchev–Trinajstić information content (AvgIpc) is 2.17. The van der Waals surface area contributed by atoms with Gasteiger partial charge in [-0.25, -0.2) is 0 Å². The predicted octanol–water partition coefficient (Wildman–Crippen LogP) is 3.00. The Morgan fingerprint density at radius 2 is 1.92 bits per heavy atom. The molecule has 0 unspecified atom stereocenters. The molecular formula is C11H14O2. The highest BCUT2D eigenvalue weighted by Crippen LogP contribution is 2.26. The van der Waals surface area contributed by atoms with Gasteiger partial charge in [0, 0.05) is 0 Å². The summed E-state index contributed by atoms with van der Waals surface area (Å²) in [7, 11) is 0. The maximum Gasteiger partial charge on any atom is 0.168 e. The lowest BCUT2D eigenvalue weighted by molar-refractivity contribution is 0.321. The molecule has 2 nitrogen and oxygen atoms in total. The van der Waals surface area contributed by atoms with Gasteiger partial charge in [0.2, 0.25) is 0 Å². The van der Waals surface area contributed by atoms with E-state index in [1.807, 2.05) is 44.2 Å². The molecule has 0 aliphatic rings. The Bertz CT molecular complexity index is 279. The molecule has 0 saturated heterocycles. The second-order valence-electron chi connectivity index (χ2n) is 2.47. The topological polar surface area (TPSA) is 18.5 Å². The second-order valence-corrected chi connectivity index (χ2v) is 2.47. The van der Waals surface area contributed by atoms with E-state index in [0.717, 1.165) is 11.5 Å². The molecule has 0 aliphatic heterocycles. The van der Waals surface area contributed by atoms with E-state index in [0.29, 0.717) is 6.61 Å². The first kappa shape index (κ1) is 9.65. The molecular weight excluding hydrogens is 164 g/mol. The van der Waals surface area contributed by atoms with E-state index in [-0.39, 0.29) is 0 Å². The summed E-state index contributed by atoms with van der Waals surface area (Å²) in [5, 5.41) is 0. The van der Waals surface area contributed by atoms with Gasteiger partial charge in [-0.3, -0.25) is 0 Å². The minimum atomic E-state index is 0.649. The fourth-order valence-corrected chi connectivity index (χ4v) is 0.964. The number of hydrogen-bond acceptors (Lipinski definition) is 2. The Morgan fingerprint density at radius 3 is 2.54 bits per heavy atom. The monoisotopic (exact) mass is 178 g/mol. The van der Waals surface area contributed by atoms with Gasteiger partial charge in [-0.2, -0.15) is 0 Å². The van der Waals surface area contributed by atoms with Gasteiger partial charge in [0.15, 0.2) is 11.5 Å². The fraction of sp³-hybridized carbons (Fsp3) is 0.273. The van der Waals surface area contributed by atoms with Crippen LogP contribution in [0.15, 0.2) is 36.6 Å². The highest BCUT2D eigenvalue weighted by Gasteiger charge is 2.00. The number of para-hydroxylation sites is 2. The molecule has 0 heterocycles. The van der Waals surface area contributed by atoms with E-state index < -0.39 is 0 Å². The predicted molar refractivity (Wildman–Crippen MR) is 53.1 cm³/mol. The molecule has 0 aliphatic carbocycles. The van der Waals surface area contributed by atoms with Crippen LogP contribution in [0.1, 0.15) is 13.8 Å². The van der Waals surface area contributed by atoms with E-state index in [2.05, 4.69) is 0 Å². The molecule has 13 heavy (non-hydrogen) atoms. The first-order valence-electron chi connectivity index (χ1n) is 4.38. The van der Waals surface area contributed by atoms with Crippen molar-refractivity contribution >= 4 is 0 Å². The Balaban J connectivity index is 2.77. The zero-order valence-electron chi connectivity index (χ0n) is 7.99. The summed E-state index contributed by atoms with van der Waals surface area (Å²) in [6, 6.07) is 7.61. The summed E-state index contributed by atoms with van der Waals surface area (Å²) < 4.78 is 10.7. The van der Waals surface area contributed by atoms with Crippen LogP contribution in [-0.4, -0.2) is 6.61 Å². The van der Waals surface area contributed by atoms with Crippen molar-refractivity contribution < 1.29 is 9.47 Å². The van der Waals surface area contributed by atoms with Gasteiger partial charge >= 0.3 is 0 Å². The lowest BCUT2D eigenvalue weighted by atomic mass is 10.3. The molecule has 1 aromatic rings. The van der Waals surface area contributed by atoms with Crippen molar-refractivity contribution in [2.75, 3.05) is 6.61 Å². The summed E-state index contributed by atoms with van der Waals surface area (Å²) in [5.41, 5.74) is 0. The minimum Gasteiger partial charge on any atom is -0.490 e. The third-order valence-electron chi connectivity index (χ3n) is 1.48. The highest BCUT2D eigenvalue weighted by molar-refractivity contribution is 5.39. The molecule has 0 amide bonds. The fourth-order valence-electron chi connectivity index (χ4n) is 0.964. The molecule has 0 bridgehead atoms. The van der Waals surface area contributed by atoms with E-state index in [4.69, 9.17) is 9.47 Å². The molecule has 0 radical (unpaired) electrons. The standard InChI is InChI=1S/C11H14O2/c1-3-9-13-11-8-6-5-7-10(11)12-4-2/h3,5-9H,4H2,1-2H3/b9-3-. The van der Waals surface area contributed by atoms with Crippen LogP contribution in [0.5, 0.6) is 11.5 Å². The number of benzene rings is 1. The normalized spacial score (nSPS) is 10.3. The van der Waals surface area contributed by atoms with Crippen molar-refractivity contribution in [3.8, 4) is 11.5 Å². The summed E-state index contributed by atoms with van der Waals surface area (Å²) in [5.74, 6) is 1.53. The number of allylic oxidation sites excluding steroid dienone is 1. The van der Waals surface area contributed by atoms with Crippen LogP contribution in [0.4, 0.5) is 0 Å². The van der Waals surface area contributed by atoms with Crippen LogP contribution in [0.2, 0.25) is 0 Å². The van der Waals surface area contributed by atoms with E-state index in [1.165, 1.54) is 0 Å². The Kier molecular flexibility index (Phi) is 3.89. The quantitative estimate of drug-likeness (QED) is 0.660. The van der Waals surface area contributed by atoms with Crippen LogP contribution in [0.25, 0.3) is 0 Å². The summed E-state index contributed by atoms with van der Waals surface area (Å²) >= 11 is 0. The highest BCUT2D eigenvalue weighted by atomic mass is 16.5. The van der Waals surface area contributed by atoms with Crippen molar-refractivity contribution in [1.29, 1.82) is 0 Å². The van der Waals surface area contributed by atoms with Gasteiger partial charge in [-0.15, -0.1) is 0 Å². The maximum absolute atomic E-state index is 5.38. The molecule has 0 aromatic heterocycles. The van der Waals surface area contributed by atoms with Crippen LogP contribution in [0.3, 0.4) is 0 Å². The van der Waals surface area contributed by atoms with Gasteiger partial charge in [-0.1, -0.05) is 18.2 Å². The molecule has 0 fully saturated rings. The lowest BCUT2D eigenvalue weighted by Crippen LogP contribution is -1.93. The van der Waals surface area contributed by atoms with Crippen LogP contribution < -0.4 is 9.47 Å². The van der Waals surface area contributed by atoms with Crippen LogP contribution in [0, 0.1) is 0 Å². The molecule has 0 atom stereocenters. The van der Waals surface area contributed by atoms with Crippen molar-refractivity contribution in [3.63, 3.8) is 0 Å². The van der Waals surface area contributed by atoms with E-state index in [1.54, 1.807) is 6.26 Å². The summed E-state index contributed by atoms with van der Waals surface area (Å²) in [6.45, 7) is 4.51. The van der Waals surface area contributed by atoms with Crippen molar-refractivity contribution in [3.05, 3.63) is 36.6 Å². The summed E-state index contributed by atoms with van der Waals surface area (Å²) in [6.07, 6.45) is 3.47. The maximum atomic E-state index is 5.38. The Morgan fingerprint density at radius 1 is 1.23 bits per heavy atom. The lowest BCUT2D eigenvalue weighted by Gasteiger charge is -2.07. The zero-order valence-corrected chi connectivity index (χ0v) is 7.99. The van der Waals surface area contributed by atoms with Crippen molar-refractivity contribution in [2.24, 2.45) is 0 Å². The van der Waals surface area contributed by atoms with Gasteiger partial charge in [-0.05, 0) is 26.0 Å². The summed E-state index contributed by atoms with van der Waals surface area (Å²) in [4.78, 5) is 0. The SMILES string of the molecule is C/C=C\Oc1ccccc1OCC. The number of ether oxygens (including phenoxy) is 2. The van der Waals surface area contributed by atoms with Gasteiger partial charge in [0.05, 0.1) is 12.9 Å². The van der Waals surface area contributed by atoms with Gasteiger partial charge in [0.1, 0.15) is 0 Å². The minimum absolute atomic E-state index is 0.649. The van der Waals surface area contributed by atoms with E-state index in [9.17, 15) is 0 Å². The Hall–Kier alpha value is -1.44. The van der Waals surface area contributed by atoms with Crippen molar-refractivity contribution in [2.45, 2.75) is 13.8 Å². The van der Waals surface area contributed by atoms with Crippen LogP contribution in [-0.2, 0) is 0 Å². The Labute approximate surface area is 78.8 Å². The molecule has 0 spiro atoms. The third-order valence-corrected chi connectivity index (χ3v) is 1.48. The molecule has 1 aromatic carbocycles.